The molecule has 0 spiro atoms. The first-order valence-corrected chi connectivity index (χ1v) is 7.44. The summed E-state index contributed by atoms with van der Waals surface area (Å²) in [6.07, 6.45) is 2.44. The van der Waals surface area contributed by atoms with E-state index in [1.54, 1.807) is 0 Å². The van der Waals surface area contributed by atoms with Crippen LogP contribution in [-0.2, 0) is 0 Å². The first kappa shape index (κ1) is 13.6. The highest BCUT2D eigenvalue weighted by atomic mass is 32.1. The van der Waals surface area contributed by atoms with Crippen molar-refractivity contribution in [2.75, 3.05) is 13.1 Å². The van der Waals surface area contributed by atoms with Crippen molar-refractivity contribution in [1.82, 2.24) is 10.6 Å². The van der Waals surface area contributed by atoms with Gasteiger partial charge in [-0.05, 0) is 48.7 Å². The standard InChI is InChI=1S/C14H22N2OS/c1-10-5-8-18-12(10)13(17)16-9-11-14(2,3)6-4-7-15-11/h5,8,11,15H,4,6-7,9H2,1-3H3,(H,16,17). The van der Waals surface area contributed by atoms with Gasteiger partial charge < -0.3 is 10.6 Å². The van der Waals surface area contributed by atoms with E-state index >= 15 is 0 Å². The van der Waals surface area contributed by atoms with Gasteiger partial charge in [0.25, 0.3) is 5.91 Å². The maximum Gasteiger partial charge on any atom is 0.261 e. The molecule has 0 aromatic carbocycles. The molecule has 1 fully saturated rings. The summed E-state index contributed by atoms with van der Waals surface area (Å²) in [7, 11) is 0. The lowest BCUT2D eigenvalue weighted by Gasteiger charge is -2.39. The van der Waals surface area contributed by atoms with E-state index in [-0.39, 0.29) is 11.3 Å². The van der Waals surface area contributed by atoms with Crippen molar-refractivity contribution < 1.29 is 4.79 Å². The van der Waals surface area contributed by atoms with Crippen LogP contribution in [0.15, 0.2) is 11.4 Å². The number of carbonyl (C=O) groups is 1. The summed E-state index contributed by atoms with van der Waals surface area (Å²) >= 11 is 1.51. The maximum absolute atomic E-state index is 12.1. The molecule has 100 valence electrons. The van der Waals surface area contributed by atoms with E-state index in [4.69, 9.17) is 0 Å². The van der Waals surface area contributed by atoms with Gasteiger partial charge in [0.15, 0.2) is 0 Å². The van der Waals surface area contributed by atoms with Crippen LogP contribution in [0.1, 0.15) is 41.9 Å². The number of aryl methyl sites for hydroxylation is 1. The van der Waals surface area contributed by atoms with Crippen LogP contribution >= 0.6 is 11.3 Å². The highest BCUT2D eigenvalue weighted by molar-refractivity contribution is 7.12. The van der Waals surface area contributed by atoms with E-state index in [2.05, 4.69) is 24.5 Å². The van der Waals surface area contributed by atoms with Gasteiger partial charge in [0.05, 0.1) is 4.88 Å². The second kappa shape index (κ2) is 5.41. The second-order valence-electron chi connectivity index (χ2n) is 5.74. The van der Waals surface area contributed by atoms with Gasteiger partial charge in [-0.25, -0.2) is 0 Å². The van der Waals surface area contributed by atoms with E-state index < -0.39 is 0 Å². The van der Waals surface area contributed by atoms with Crippen molar-refractivity contribution >= 4 is 17.2 Å². The summed E-state index contributed by atoms with van der Waals surface area (Å²) in [4.78, 5) is 12.9. The minimum Gasteiger partial charge on any atom is -0.350 e. The Balaban J connectivity index is 1.91. The topological polar surface area (TPSA) is 41.1 Å². The number of hydrogen-bond donors (Lipinski definition) is 2. The van der Waals surface area contributed by atoms with E-state index in [0.29, 0.717) is 12.6 Å². The zero-order valence-corrected chi connectivity index (χ0v) is 12.2. The van der Waals surface area contributed by atoms with Crippen LogP contribution in [-0.4, -0.2) is 25.0 Å². The Hall–Kier alpha value is -0.870. The molecule has 1 atom stereocenters. The number of amides is 1. The number of thiophene rings is 1. The van der Waals surface area contributed by atoms with Crippen molar-refractivity contribution in [2.45, 2.75) is 39.7 Å². The number of rotatable bonds is 3. The van der Waals surface area contributed by atoms with Crippen molar-refractivity contribution in [3.05, 3.63) is 21.9 Å². The summed E-state index contributed by atoms with van der Waals surface area (Å²) in [5, 5.41) is 8.54. The summed E-state index contributed by atoms with van der Waals surface area (Å²) in [5.41, 5.74) is 1.32. The van der Waals surface area contributed by atoms with Gasteiger partial charge in [-0.3, -0.25) is 4.79 Å². The molecule has 2 heterocycles. The molecule has 18 heavy (non-hydrogen) atoms. The zero-order chi connectivity index (χ0) is 13.2. The van der Waals surface area contributed by atoms with Gasteiger partial charge in [-0.15, -0.1) is 11.3 Å². The Morgan fingerprint density at radius 2 is 2.39 bits per heavy atom. The Bertz CT molecular complexity index is 425. The monoisotopic (exact) mass is 266 g/mol. The van der Waals surface area contributed by atoms with Crippen molar-refractivity contribution in [1.29, 1.82) is 0 Å². The van der Waals surface area contributed by atoms with Crippen LogP contribution in [0.5, 0.6) is 0 Å². The molecular weight excluding hydrogens is 244 g/mol. The van der Waals surface area contributed by atoms with Crippen molar-refractivity contribution in [3.63, 3.8) is 0 Å². The predicted molar refractivity (Wildman–Crippen MR) is 76.2 cm³/mol. The van der Waals surface area contributed by atoms with E-state index in [1.807, 2.05) is 18.4 Å². The summed E-state index contributed by atoms with van der Waals surface area (Å²) in [5.74, 6) is 0.0608. The van der Waals surface area contributed by atoms with Gasteiger partial charge in [0.1, 0.15) is 0 Å². The molecule has 4 heteroatoms. The predicted octanol–water partition coefficient (Wildman–Crippen LogP) is 2.56. The number of nitrogens with one attached hydrogen (secondary N) is 2. The third kappa shape index (κ3) is 2.93. The minimum absolute atomic E-state index is 0.0608. The van der Waals surface area contributed by atoms with Crippen LogP contribution < -0.4 is 10.6 Å². The number of piperidine rings is 1. The fourth-order valence-corrected chi connectivity index (χ4v) is 3.34. The van der Waals surface area contributed by atoms with E-state index in [0.717, 1.165) is 17.0 Å². The highest BCUT2D eigenvalue weighted by Crippen LogP contribution is 2.29. The fraction of sp³-hybridized carbons (Fsp3) is 0.643. The van der Waals surface area contributed by atoms with Gasteiger partial charge >= 0.3 is 0 Å². The van der Waals surface area contributed by atoms with Crippen LogP contribution in [0.25, 0.3) is 0 Å². The second-order valence-corrected chi connectivity index (χ2v) is 6.66. The average molecular weight is 266 g/mol. The Morgan fingerprint density at radius 3 is 3.00 bits per heavy atom. The molecular formula is C14H22N2OS. The first-order chi connectivity index (χ1) is 8.50. The maximum atomic E-state index is 12.1. The van der Waals surface area contributed by atoms with Gasteiger partial charge in [-0.1, -0.05) is 13.8 Å². The number of hydrogen-bond acceptors (Lipinski definition) is 3. The molecule has 0 bridgehead atoms. The van der Waals surface area contributed by atoms with E-state index in [9.17, 15) is 4.79 Å². The normalized spacial score (nSPS) is 22.7. The van der Waals surface area contributed by atoms with Gasteiger partial charge in [0.2, 0.25) is 0 Å². The fourth-order valence-electron chi connectivity index (χ4n) is 2.50. The molecule has 0 saturated carbocycles. The third-order valence-electron chi connectivity index (χ3n) is 3.87. The lowest BCUT2D eigenvalue weighted by molar-refractivity contribution is 0.0932. The summed E-state index contributed by atoms with van der Waals surface area (Å²) in [6, 6.07) is 2.36. The van der Waals surface area contributed by atoms with Gasteiger partial charge in [-0.2, -0.15) is 0 Å². The van der Waals surface area contributed by atoms with Crippen molar-refractivity contribution in [3.8, 4) is 0 Å². The zero-order valence-electron chi connectivity index (χ0n) is 11.4. The lowest BCUT2D eigenvalue weighted by Crippen LogP contribution is -2.52. The number of carbonyl (C=O) groups excluding carboxylic acids is 1. The van der Waals surface area contributed by atoms with E-state index in [1.165, 1.54) is 24.2 Å². The van der Waals surface area contributed by atoms with Crippen LogP contribution in [0.2, 0.25) is 0 Å². The molecule has 1 saturated heterocycles. The summed E-state index contributed by atoms with van der Waals surface area (Å²) < 4.78 is 0. The smallest absolute Gasteiger partial charge is 0.261 e. The van der Waals surface area contributed by atoms with Crippen molar-refractivity contribution in [2.24, 2.45) is 5.41 Å². The molecule has 2 N–H and O–H groups in total. The molecule has 0 aliphatic carbocycles. The van der Waals surface area contributed by atoms with Crippen LogP contribution in [0.3, 0.4) is 0 Å². The minimum atomic E-state index is 0.0608. The molecule has 2 rings (SSSR count). The molecule has 1 unspecified atom stereocenters. The summed E-state index contributed by atoms with van der Waals surface area (Å²) in [6.45, 7) is 8.29. The van der Waals surface area contributed by atoms with Crippen LogP contribution in [0, 0.1) is 12.3 Å². The Labute approximate surface area is 113 Å². The molecule has 1 aromatic heterocycles. The molecule has 0 radical (unpaired) electrons. The quantitative estimate of drug-likeness (QED) is 0.883. The molecule has 1 aliphatic heterocycles. The SMILES string of the molecule is Cc1ccsc1C(=O)NCC1NCCCC1(C)C. The molecule has 1 aliphatic rings. The largest absolute Gasteiger partial charge is 0.350 e. The molecule has 1 aromatic rings. The van der Waals surface area contributed by atoms with Gasteiger partial charge in [0, 0.05) is 12.6 Å². The molecule has 3 nitrogen and oxygen atoms in total. The average Bonchev–Trinajstić information content (AvgIpc) is 2.73. The lowest BCUT2D eigenvalue weighted by atomic mass is 9.77. The first-order valence-electron chi connectivity index (χ1n) is 6.56. The van der Waals surface area contributed by atoms with Crippen LogP contribution in [0.4, 0.5) is 0 Å². The Kier molecular flexibility index (Phi) is 4.07. The third-order valence-corrected chi connectivity index (χ3v) is 4.88. The highest BCUT2D eigenvalue weighted by Gasteiger charge is 2.32. The molecule has 1 amide bonds. The Morgan fingerprint density at radius 1 is 1.61 bits per heavy atom.